The van der Waals surface area contributed by atoms with E-state index in [0.29, 0.717) is 12.8 Å². The van der Waals surface area contributed by atoms with E-state index < -0.39 is 0 Å². The van der Waals surface area contributed by atoms with Crippen molar-refractivity contribution in [2.24, 2.45) is 0 Å². The van der Waals surface area contributed by atoms with Gasteiger partial charge in [0.25, 0.3) is 0 Å². The molecule has 4 aromatic carbocycles. The number of aliphatic hydroxyl groups excluding tert-OH is 2. The molecule has 0 heterocycles. The zero-order chi connectivity index (χ0) is 23.2. The molecule has 2 nitrogen and oxygen atoms in total. The van der Waals surface area contributed by atoms with Crippen LogP contribution in [0.4, 0.5) is 0 Å². The number of rotatable bonds is 7. The fourth-order valence-corrected chi connectivity index (χ4v) is 7.22. The molecule has 2 aliphatic carbocycles. The maximum absolute atomic E-state index is 10.1. The van der Waals surface area contributed by atoms with E-state index in [2.05, 4.69) is 97.1 Å². The first-order chi connectivity index (χ1) is 16.8. The van der Waals surface area contributed by atoms with Crippen molar-refractivity contribution < 1.29 is 10.2 Å². The van der Waals surface area contributed by atoms with Gasteiger partial charge in [0.2, 0.25) is 0 Å². The zero-order valence-corrected chi connectivity index (χ0v) is 19.4. The highest BCUT2D eigenvalue weighted by molar-refractivity contribution is 5.88. The summed E-state index contributed by atoms with van der Waals surface area (Å²) >= 11 is 0. The first kappa shape index (κ1) is 21.3. The molecular formula is C32H30O2. The largest absolute Gasteiger partial charge is 0.396 e. The second-order valence-corrected chi connectivity index (χ2v) is 9.65. The van der Waals surface area contributed by atoms with Crippen molar-refractivity contribution >= 4 is 0 Å². The first-order valence-corrected chi connectivity index (χ1v) is 12.4. The highest BCUT2D eigenvalue weighted by Gasteiger charge is 2.61. The number of fused-ring (bicyclic) bond motifs is 6. The minimum atomic E-state index is -0.346. The van der Waals surface area contributed by atoms with Crippen molar-refractivity contribution in [1.82, 2.24) is 0 Å². The summed E-state index contributed by atoms with van der Waals surface area (Å²) < 4.78 is 0. The molecule has 0 bridgehead atoms. The van der Waals surface area contributed by atoms with E-state index in [-0.39, 0.29) is 24.0 Å². The molecule has 6 rings (SSSR count). The molecule has 2 heteroatoms. The van der Waals surface area contributed by atoms with Crippen molar-refractivity contribution in [2.75, 3.05) is 13.2 Å². The third kappa shape index (κ3) is 2.64. The number of hydrogen-bond acceptors (Lipinski definition) is 2. The van der Waals surface area contributed by atoms with Gasteiger partial charge in [-0.1, -0.05) is 97.1 Å². The Labute approximate surface area is 201 Å². The fourth-order valence-electron chi connectivity index (χ4n) is 7.22. The van der Waals surface area contributed by atoms with Gasteiger partial charge in [0.15, 0.2) is 0 Å². The van der Waals surface area contributed by atoms with Gasteiger partial charge in [0, 0.05) is 24.0 Å². The molecular weight excluding hydrogens is 416 g/mol. The van der Waals surface area contributed by atoms with Gasteiger partial charge in [0.1, 0.15) is 0 Å². The summed E-state index contributed by atoms with van der Waals surface area (Å²) in [4.78, 5) is 0. The van der Waals surface area contributed by atoms with E-state index >= 15 is 0 Å². The molecule has 0 fully saturated rings. The summed E-state index contributed by atoms with van der Waals surface area (Å²) in [5.41, 5.74) is 9.85. The Bertz CT molecular complexity index is 1160. The van der Waals surface area contributed by atoms with Crippen molar-refractivity contribution in [2.45, 2.75) is 36.5 Å². The van der Waals surface area contributed by atoms with Crippen molar-refractivity contribution in [3.63, 3.8) is 0 Å². The summed E-state index contributed by atoms with van der Waals surface area (Å²) in [7, 11) is 0. The first-order valence-electron chi connectivity index (χ1n) is 12.4. The van der Waals surface area contributed by atoms with Crippen LogP contribution in [-0.4, -0.2) is 23.4 Å². The molecule has 0 saturated heterocycles. The van der Waals surface area contributed by atoms with Gasteiger partial charge >= 0.3 is 0 Å². The lowest BCUT2D eigenvalue weighted by Gasteiger charge is -2.50. The molecule has 2 N–H and O–H groups in total. The fraction of sp³-hybridized carbons (Fsp3) is 0.250. The van der Waals surface area contributed by atoms with Crippen LogP contribution < -0.4 is 0 Å². The Morgan fingerprint density at radius 3 is 0.941 bits per heavy atom. The van der Waals surface area contributed by atoms with Gasteiger partial charge in [-0.2, -0.15) is 0 Å². The number of benzene rings is 4. The van der Waals surface area contributed by atoms with Crippen LogP contribution in [0.1, 0.15) is 47.9 Å². The number of hydrogen-bond donors (Lipinski definition) is 2. The van der Waals surface area contributed by atoms with Gasteiger partial charge in [-0.15, -0.1) is 0 Å². The third-order valence-corrected chi connectivity index (χ3v) is 8.28. The third-order valence-electron chi connectivity index (χ3n) is 8.28. The molecule has 0 radical (unpaired) electrons. The Kier molecular flexibility index (Phi) is 5.17. The topological polar surface area (TPSA) is 40.5 Å². The minimum Gasteiger partial charge on any atom is -0.396 e. The van der Waals surface area contributed by atoms with Gasteiger partial charge in [-0.25, -0.2) is 0 Å². The second-order valence-electron chi connectivity index (χ2n) is 9.65. The monoisotopic (exact) mass is 446 g/mol. The van der Waals surface area contributed by atoms with Crippen LogP contribution in [0.5, 0.6) is 0 Å². The Morgan fingerprint density at radius 1 is 0.412 bits per heavy atom. The molecule has 34 heavy (non-hydrogen) atoms. The SMILES string of the molecule is OCCCC1(C2(CCCO)c3ccccc3-c3ccccc32)c2ccccc2-c2ccccc21. The molecule has 0 amide bonds. The van der Waals surface area contributed by atoms with Crippen LogP contribution in [0.2, 0.25) is 0 Å². The Balaban J connectivity index is 1.79. The van der Waals surface area contributed by atoms with E-state index in [4.69, 9.17) is 0 Å². The predicted octanol–water partition coefficient (Wildman–Crippen LogP) is 6.46. The Hall–Kier alpha value is -3.20. The smallest absolute Gasteiger partial charge is 0.0431 e. The van der Waals surface area contributed by atoms with Crippen LogP contribution in [0, 0.1) is 0 Å². The average Bonchev–Trinajstić information content (AvgIpc) is 3.36. The van der Waals surface area contributed by atoms with Gasteiger partial charge in [0.05, 0.1) is 0 Å². The Morgan fingerprint density at radius 2 is 0.676 bits per heavy atom. The molecule has 170 valence electrons. The quantitative estimate of drug-likeness (QED) is 0.342. The minimum absolute atomic E-state index is 0.158. The van der Waals surface area contributed by atoms with Crippen LogP contribution in [-0.2, 0) is 10.8 Å². The van der Waals surface area contributed by atoms with E-state index in [0.717, 1.165) is 12.8 Å². The zero-order valence-electron chi connectivity index (χ0n) is 19.4. The molecule has 0 atom stereocenters. The highest BCUT2D eigenvalue weighted by Crippen LogP contribution is 2.67. The highest BCUT2D eigenvalue weighted by atomic mass is 16.3. The van der Waals surface area contributed by atoms with Crippen molar-refractivity contribution in [3.05, 3.63) is 119 Å². The van der Waals surface area contributed by atoms with E-state index in [9.17, 15) is 10.2 Å². The maximum Gasteiger partial charge on any atom is 0.0431 e. The molecule has 0 aromatic heterocycles. The molecule has 0 unspecified atom stereocenters. The molecule has 4 aromatic rings. The van der Waals surface area contributed by atoms with Gasteiger partial charge in [-0.05, 0) is 70.2 Å². The van der Waals surface area contributed by atoms with Crippen molar-refractivity contribution in [1.29, 1.82) is 0 Å². The lowest BCUT2D eigenvalue weighted by molar-refractivity contribution is 0.210. The summed E-state index contributed by atoms with van der Waals surface area (Å²) in [5, 5.41) is 20.2. The molecule has 0 spiro atoms. The van der Waals surface area contributed by atoms with E-state index in [1.807, 2.05) is 0 Å². The van der Waals surface area contributed by atoms with Crippen LogP contribution in [0.25, 0.3) is 22.3 Å². The maximum atomic E-state index is 10.1. The van der Waals surface area contributed by atoms with Crippen LogP contribution in [0.3, 0.4) is 0 Å². The summed E-state index contributed by atoms with van der Waals surface area (Å²) in [6.45, 7) is 0.316. The molecule has 2 aliphatic rings. The number of aliphatic hydroxyl groups is 2. The predicted molar refractivity (Wildman–Crippen MR) is 138 cm³/mol. The van der Waals surface area contributed by atoms with Crippen LogP contribution in [0.15, 0.2) is 97.1 Å². The van der Waals surface area contributed by atoms with Gasteiger partial charge in [-0.3, -0.25) is 0 Å². The molecule has 0 saturated carbocycles. The van der Waals surface area contributed by atoms with Gasteiger partial charge < -0.3 is 10.2 Å². The standard InChI is InChI=1S/C32H30O2/c33-21-9-19-31(27-15-5-1-11-23(27)24-12-2-6-16-28(24)31)32(20-10-22-34)29-17-7-3-13-25(29)26-14-4-8-18-30(26)32/h1-8,11-18,33-34H,9-10,19-22H2. The van der Waals surface area contributed by atoms with Crippen molar-refractivity contribution in [3.8, 4) is 22.3 Å². The van der Waals surface area contributed by atoms with E-state index in [1.54, 1.807) is 0 Å². The normalized spacial score (nSPS) is 15.9. The lowest BCUT2D eigenvalue weighted by atomic mass is 9.51. The summed E-state index contributed by atoms with van der Waals surface area (Å²) in [5.74, 6) is 0. The average molecular weight is 447 g/mol. The molecule has 0 aliphatic heterocycles. The van der Waals surface area contributed by atoms with Crippen LogP contribution >= 0.6 is 0 Å². The second kappa shape index (κ2) is 8.23. The summed E-state index contributed by atoms with van der Waals surface area (Å²) in [6.07, 6.45) is 3.11. The summed E-state index contributed by atoms with van der Waals surface area (Å²) in [6, 6.07) is 35.4. The van der Waals surface area contributed by atoms with E-state index in [1.165, 1.54) is 44.5 Å². The lowest BCUT2D eigenvalue weighted by Crippen LogP contribution is -2.49.